The number of hydrazine groups is 1. The van der Waals surface area contributed by atoms with Gasteiger partial charge in [0.1, 0.15) is 0 Å². The molecule has 3 rings (SSSR count). The summed E-state index contributed by atoms with van der Waals surface area (Å²) in [6.45, 7) is 0. The average Bonchev–Trinajstić information content (AvgIpc) is 2.91. The number of methoxy groups -OCH3 is 2. The molecule has 2 aromatic carbocycles. The number of carbonyl (C=O) groups is 1. The molecule has 10 heteroatoms. The van der Waals surface area contributed by atoms with Gasteiger partial charge in [-0.1, -0.05) is 52.6 Å². The van der Waals surface area contributed by atoms with Crippen LogP contribution in [0.5, 0.6) is 11.5 Å². The molecule has 0 radical (unpaired) electrons. The normalized spacial score (nSPS) is 15.3. The molecular weight excluding hydrogens is 463 g/mol. The fraction of sp³-hybridized carbons (Fsp3) is 0.111. The van der Waals surface area contributed by atoms with Crippen LogP contribution in [0.2, 0.25) is 15.1 Å². The second kappa shape index (κ2) is 8.80. The number of nitrogens with one attached hydrogen (secondary N) is 1. The van der Waals surface area contributed by atoms with Gasteiger partial charge in [-0.25, -0.2) is 5.01 Å². The Morgan fingerprint density at radius 3 is 2.32 bits per heavy atom. The second-order valence-corrected chi connectivity index (χ2v) is 8.41. The summed E-state index contributed by atoms with van der Waals surface area (Å²) in [7, 11) is 3.10. The van der Waals surface area contributed by atoms with Gasteiger partial charge in [-0.05, 0) is 48.1 Å². The van der Waals surface area contributed by atoms with Crippen LogP contribution in [0.1, 0.15) is 5.56 Å². The van der Waals surface area contributed by atoms with Gasteiger partial charge in [0.2, 0.25) is 0 Å². The lowest BCUT2D eigenvalue weighted by atomic mass is 10.2. The zero-order valence-corrected chi connectivity index (χ0v) is 18.5. The van der Waals surface area contributed by atoms with Crippen LogP contribution in [0, 0.1) is 0 Å². The summed E-state index contributed by atoms with van der Waals surface area (Å²) in [6, 6.07) is 8.39. The van der Waals surface area contributed by atoms with E-state index in [9.17, 15) is 4.79 Å². The molecule has 0 atom stereocenters. The van der Waals surface area contributed by atoms with Crippen LogP contribution >= 0.6 is 58.8 Å². The van der Waals surface area contributed by atoms with E-state index < -0.39 is 0 Å². The zero-order valence-electron chi connectivity index (χ0n) is 14.6. The number of halogens is 3. The van der Waals surface area contributed by atoms with Crippen molar-refractivity contribution < 1.29 is 14.3 Å². The highest BCUT2D eigenvalue weighted by molar-refractivity contribution is 8.26. The molecule has 0 saturated carbocycles. The monoisotopic (exact) mass is 474 g/mol. The van der Waals surface area contributed by atoms with Gasteiger partial charge in [0.05, 0.1) is 34.9 Å². The lowest BCUT2D eigenvalue weighted by molar-refractivity contribution is -0.121. The van der Waals surface area contributed by atoms with Crippen LogP contribution < -0.4 is 14.9 Å². The number of amides is 1. The van der Waals surface area contributed by atoms with Gasteiger partial charge in [-0.2, -0.15) is 0 Å². The molecule has 0 unspecified atom stereocenters. The van der Waals surface area contributed by atoms with Crippen LogP contribution in [0.3, 0.4) is 0 Å². The minimum Gasteiger partial charge on any atom is -0.493 e. The topological polar surface area (TPSA) is 50.8 Å². The highest BCUT2D eigenvalue weighted by Gasteiger charge is 2.33. The Labute approximate surface area is 186 Å². The number of thioether (sulfide) groups is 1. The van der Waals surface area contributed by atoms with Crippen molar-refractivity contribution in [1.29, 1.82) is 0 Å². The average molecular weight is 476 g/mol. The molecular formula is C18H13Cl3N2O3S2. The summed E-state index contributed by atoms with van der Waals surface area (Å²) in [5.41, 5.74) is 3.98. The van der Waals surface area contributed by atoms with Crippen molar-refractivity contribution in [3.63, 3.8) is 0 Å². The maximum Gasteiger partial charge on any atom is 0.285 e. The highest BCUT2D eigenvalue weighted by atomic mass is 35.5. The Bertz CT molecular complexity index is 975. The summed E-state index contributed by atoms with van der Waals surface area (Å²) >= 11 is 24.7. The van der Waals surface area contributed by atoms with Crippen molar-refractivity contribution >= 4 is 80.8 Å². The van der Waals surface area contributed by atoms with Crippen molar-refractivity contribution in [2.45, 2.75) is 0 Å². The van der Waals surface area contributed by atoms with Crippen LogP contribution in [0.4, 0.5) is 5.69 Å². The third kappa shape index (κ3) is 4.34. The maximum atomic E-state index is 12.8. The predicted octanol–water partition coefficient (Wildman–Crippen LogP) is 5.89. The van der Waals surface area contributed by atoms with E-state index in [-0.39, 0.29) is 16.0 Å². The van der Waals surface area contributed by atoms with Crippen molar-refractivity contribution in [2.24, 2.45) is 0 Å². The van der Waals surface area contributed by atoms with E-state index in [1.165, 1.54) is 17.1 Å². The Kier molecular flexibility index (Phi) is 6.62. The van der Waals surface area contributed by atoms with Gasteiger partial charge in [0.25, 0.3) is 5.91 Å². The molecule has 1 aliphatic rings. The number of hydrogen-bond acceptors (Lipinski definition) is 6. The molecule has 1 heterocycles. The maximum absolute atomic E-state index is 12.8. The summed E-state index contributed by atoms with van der Waals surface area (Å²) < 4.78 is 10.8. The first-order valence-electron chi connectivity index (χ1n) is 7.75. The van der Waals surface area contributed by atoms with Gasteiger partial charge in [0.15, 0.2) is 15.8 Å². The van der Waals surface area contributed by atoms with Crippen LogP contribution in [-0.2, 0) is 4.79 Å². The number of ether oxygens (including phenoxy) is 2. The van der Waals surface area contributed by atoms with E-state index in [0.29, 0.717) is 31.4 Å². The first-order chi connectivity index (χ1) is 13.3. The number of rotatable bonds is 5. The van der Waals surface area contributed by atoms with Crippen molar-refractivity contribution in [2.75, 3.05) is 19.6 Å². The fourth-order valence-electron chi connectivity index (χ4n) is 2.42. The van der Waals surface area contributed by atoms with E-state index in [2.05, 4.69) is 5.43 Å². The van der Waals surface area contributed by atoms with Gasteiger partial charge in [-0.15, -0.1) is 0 Å². The lowest BCUT2D eigenvalue weighted by Crippen LogP contribution is -2.34. The first-order valence-corrected chi connectivity index (χ1v) is 10.1. The van der Waals surface area contributed by atoms with Gasteiger partial charge in [-0.3, -0.25) is 10.2 Å². The molecule has 5 nitrogen and oxygen atoms in total. The van der Waals surface area contributed by atoms with E-state index in [1.54, 1.807) is 32.4 Å². The summed E-state index contributed by atoms with van der Waals surface area (Å²) in [6.07, 6.45) is 1.72. The second-order valence-electron chi connectivity index (χ2n) is 5.49. The zero-order chi connectivity index (χ0) is 20.4. The lowest BCUT2D eigenvalue weighted by Gasteiger charge is -2.19. The first kappa shape index (κ1) is 21.1. The molecule has 1 N–H and O–H groups in total. The summed E-state index contributed by atoms with van der Waals surface area (Å²) in [5, 5.41) is 2.15. The van der Waals surface area contributed by atoms with E-state index in [4.69, 9.17) is 56.5 Å². The molecule has 0 bridgehead atoms. The quantitative estimate of drug-likeness (QED) is 0.430. The summed E-state index contributed by atoms with van der Waals surface area (Å²) in [5.74, 6) is 0.831. The molecule has 1 amide bonds. The molecule has 0 aromatic heterocycles. The molecule has 28 heavy (non-hydrogen) atoms. The fourth-order valence-corrected chi connectivity index (χ4v) is 4.50. The number of hydrogen-bond donors (Lipinski definition) is 1. The minimum absolute atomic E-state index is 0.274. The third-order valence-electron chi connectivity index (χ3n) is 3.73. The van der Waals surface area contributed by atoms with Crippen molar-refractivity contribution in [3.8, 4) is 11.5 Å². The number of carbonyl (C=O) groups excluding carboxylic acids is 1. The molecule has 1 aliphatic heterocycles. The van der Waals surface area contributed by atoms with E-state index >= 15 is 0 Å². The number of benzene rings is 2. The standard InChI is InChI=1S/C18H13Cl3N2O3S2/c1-25-13-4-3-9(5-14(13)26-2)6-15-17(24)23(18(27)28-15)22-16-11(20)7-10(19)8-12(16)21/h3-8,22H,1-2H3/b15-6+. The Morgan fingerprint density at radius 1 is 1.07 bits per heavy atom. The molecule has 0 spiro atoms. The molecule has 2 aromatic rings. The smallest absolute Gasteiger partial charge is 0.285 e. The van der Waals surface area contributed by atoms with Gasteiger partial charge in [0, 0.05) is 5.02 Å². The Balaban J connectivity index is 1.87. The number of thiocarbonyl (C=S) groups is 1. The number of nitrogens with zero attached hydrogens (tertiary/aromatic N) is 1. The molecule has 0 aliphatic carbocycles. The molecule has 146 valence electrons. The Morgan fingerprint density at radius 2 is 1.71 bits per heavy atom. The predicted molar refractivity (Wildman–Crippen MR) is 120 cm³/mol. The molecule has 1 fully saturated rings. The van der Waals surface area contributed by atoms with Crippen molar-refractivity contribution in [1.82, 2.24) is 5.01 Å². The summed E-state index contributed by atoms with van der Waals surface area (Å²) in [4.78, 5) is 13.2. The van der Waals surface area contributed by atoms with Crippen LogP contribution in [-0.4, -0.2) is 29.5 Å². The van der Waals surface area contributed by atoms with Gasteiger partial charge < -0.3 is 9.47 Å². The third-order valence-corrected chi connectivity index (χ3v) is 5.85. The highest BCUT2D eigenvalue weighted by Crippen LogP contribution is 2.38. The van der Waals surface area contributed by atoms with E-state index in [0.717, 1.165) is 17.3 Å². The molecule has 1 saturated heterocycles. The van der Waals surface area contributed by atoms with Crippen LogP contribution in [0.15, 0.2) is 35.2 Å². The SMILES string of the molecule is COc1ccc(/C=C2/SC(=S)N(Nc3c(Cl)cc(Cl)cc3Cl)C2=O)cc1OC. The van der Waals surface area contributed by atoms with Crippen molar-refractivity contribution in [3.05, 3.63) is 55.9 Å². The number of anilines is 1. The largest absolute Gasteiger partial charge is 0.493 e. The minimum atomic E-state index is -0.327. The van der Waals surface area contributed by atoms with Gasteiger partial charge >= 0.3 is 0 Å². The van der Waals surface area contributed by atoms with E-state index in [1.807, 2.05) is 6.07 Å². The van der Waals surface area contributed by atoms with Crippen LogP contribution in [0.25, 0.3) is 6.08 Å². The Hall–Kier alpha value is -1.64.